The molecule has 0 atom stereocenters. The summed E-state index contributed by atoms with van der Waals surface area (Å²) in [5.41, 5.74) is 1.82. The average Bonchev–Trinajstić information content (AvgIpc) is 2.93. The topological polar surface area (TPSA) is 69.8 Å². The maximum absolute atomic E-state index is 12.5. The molecule has 0 N–H and O–H groups in total. The number of carbonyl (C=O) groups is 1. The van der Waals surface area contributed by atoms with Crippen LogP contribution >= 0.6 is 15.9 Å². The third kappa shape index (κ3) is 3.51. The number of benzene rings is 1. The molecule has 24 heavy (non-hydrogen) atoms. The first-order chi connectivity index (χ1) is 11.5. The van der Waals surface area contributed by atoms with E-state index in [-0.39, 0.29) is 23.6 Å². The van der Waals surface area contributed by atoms with Crippen molar-refractivity contribution in [3.05, 3.63) is 80.4 Å². The number of Topliss-reactive ketones (excluding diaryl/α,β-unsaturated/α-hetero) is 1. The summed E-state index contributed by atoms with van der Waals surface area (Å²) < 4.78 is 3.77. The van der Waals surface area contributed by atoms with Gasteiger partial charge in [0.15, 0.2) is 5.69 Å². The van der Waals surface area contributed by atoms with E-state index in [9.17, 15) is 9.59 Å². The van der Waals surface area contributed by atoms with Crippen LogP contribution < -0.4 is 5.56 Å². The van der Waals surface area contributed by atoms with Crippen LogP contribution in [-0.2, 0) is 13.1 Å². The monoisotopic (exact) mass is 386 g/mol. The third-order valence-corrected chi connectivity index (χ3v) is 4.15. The summed E-state index contributed by atoms with van der Waals surface area (Å²) in [4.78, 5) is 24.3. The Hall–Kier alpha value is -2.54. The van der Waals surface area contributed by atoms with Crippen molar-refractivity contribution in [1.29, 1.82) is 0 Å². The Morgan fingerprint density at radius 1 is 1.17 bits per heavy atom. The minimum absolute atomic E-state index is 0.0663. The van der Waals surface area contributed by atoms with Crippen LogP contribution in [0, 0.1) is 6.92 Å². The zero-order valence-corrected chi connectivity index (χ0v) is 14.6. The SMILES string of the molecule is Cc1c(C(=O)Cn2cc(Br)ccc2=O)nnn1Cc1ccccc1. The molecule has 122 valence electrons. The van der Waals surface area contributed by atoms with Crippen LogP contribution in [0.2, 0.25) is 0 Å². The van der Waals surface area contributed by atoms with E-state index in [1.54, 1.807) is 23.9 Å². The van der Waals surface area contributed by atoms with Crippen LogP contribution in [-0.4, -0.2) is 25.3 Å². The number of nitrogens with zero attached hydrogens (tertiary/aromatic N) is 4. The van der Waals surface area contributed by atoms with Gasteiger partial charge in [0.25, 0.3) is 5.56 Å². The molecule has 0 radical (unpaired) electrons. The number of carbonyl (C=O) groups excluding carboxylic acids is 1. The van der Waals surface area contributed by atoms with Crippen molar-refractivity contribution in [3.8, 4) is 0 Å². The fourth-order valence-corrected chi connectivity index (χ4v) is 2.76. The highest BCUT2D eigenvalue weighted by Gasteiger charge is 2.17. The molecule has 0 fully saturated rings. The summed E-state index contributed by atoms with van der Waals surface area (Å²) in [5, 5.41) is 8.06. The molecule has 0 spiro atoms. The van der Waals surface area contributed by atoms with Gasteiger partial charge in [-0.25, -0.2) is 4.68 Å². The summed E-state index contributed by atoms with van der Waals surface area (Å²) >= 11 is 3.30. The molecular weight excluding hydrogens is 372 g/mol. The minimum atomic E-state index is -0.244. The molecule has 0 aliphatic rings. The third-order valence-electron chi connectivity index (χ3n) is 3.68. The first-order valence-corrected chi connectivity index (χ1v) is 8.17. The molecule has 0 unspecified atom stereocenters. The molecule has 1 aromatic carbocycles. The predicted molar refractivity (Wildman–Crippen MR) is 93.0 cm³/mol. The second-order valence-corrected chi connectivity index (χ2v) is 6.32. The van der Waals surface area contributed by atoms with Crippen molar-refractivity contribution in [2.45, 2.75) is 20.0 Å². The molecule has 0 saturated heterocycles. The molecule has 2 heterocycles. The summed E-state index contributed by atoms with van der Waals surface area (Å²) in [6, 6.07) is 12.9. The van der Waals surface area contributed by atoms with Gasteiger partial charge in [0.1, 0.15) is 0 Å². The van der Waals surface area contributed by atoms with E-state index < -0.39 is 0 Å². The fourth-order valence-electron chi connectivity index (χ4n) is 2.38. The molecule has 0 amide bonds. The van der Waals surface area contributed by atoms with Gasteiger partial charge in [-0.05, 0) is 34.5 Å². The highest BCUT2D eigenvalue weighted by Crippen LogP contribution is 2.10. The maximum atomic E-state index is 12.5. The Balaban J connectivity index is 1.81. The standard InChI is InChI=1S/C17H15BrN4O2/c1-12-17(15(23)11-21-10-14(18)7-8-16(21)24)19-20-22(12)9-13-5-3-2-4-6-13/h2-8,10H,9,11H2,1H3. The van der Waals surface area contributed by atoms with Gasteiger partial charge in [-0.2, -0.15) is 0 Å². The molecule has 0 aliphatic carbocycles. The van der Waals surface area contributed by atoms with Gasteiger partial charge in [-0.15, -0.1) is 5.10 Å². The molecule has 0 aliphatic heterocycles. The van der Waals surface area contributed by atoms with E-state index in [4.69, 9.17) is 0 Å². The van der Waals surface area contributed by atoms with Gasteiger partial charge >= 0.3 is 0 Å². The van der Waals surface area contributed by atoms with Crippen molar-refractivity contribution >= 4 is 21.7 Å². The first-order valence-electron chi connectivity index (χ1n) is 7.38. The molecule has 0 bridgehead atoms. The predicted octanol–water partition coefficient (Wildman–Crippen LogP) is 2.44. The fraction of sp³-hybridized carbons (Fsp3) is 0.176. The normalized spacial score (nSPS) is 10.8. The molecule has 6 nitrogen and oxygen atoms in total. The zero-order chi connectivity index (χ0) is 17.1. The van der Waals surface area contributed by atoms with Crippen LogP contribution in [0.1, 0.15) is 21.7 Å². The van der Waals surface area contributed by atoms with E-state index in [1.165, 1.54) is 10.6 Å². The van der Waals surface area contributed by atoms with Gasteiger partial charge < -0.3 is 4.57 Å². The Kier molecular flexibility index (Phi) is 4.71. The quantitative estimate of drug-likeness (QED) is 0.631. The summed E-state index contributed by atoms with van der Waals surface area (Å²) in [6.07, 6.45) is 1.59. The van der Waals surface area contributed by atoms with E-state index >= 15 is 0 Å². The summed E-state index contributed by atoms with van der Waals surface area (Å²) in [5.74, 6) is -0.244. The number of hydrogen-bond donors (Lipinski definition) is 0. The lowest BCUT2D eigenvalue weighted by molar-refractivity contribution is 0.0965. The lowest BCUT2D eigenvalue weighted by Gasteiger charge is -2.05. The summed E-state index contributed by atoms with van der Waals surface area (Å²) in [7, 11) is 0. The Labute approximate surface area is 146 Å². The minimum Gasteiger partial charge on any atom is -0.307 e. The van der Waals surface area contributed by atoms with Gasteiger partial charge in [-0.3, -0.25) is 9.59 Å². The van der Waals surface area contributed by atoms with Crippen molar-refractivity contribution < 1.29 is 4.79 Å². The Morgan fingerprint density at radius 3 is 2.67 bits per heavy atom. The van der Waals surface area contributed by atoms with Gasteiger partial charge in [0.05, 0.1) is 18.8 Å². The number of halogens is 1. The number of aromatic nitrogens is 4. The number of rotatable bonds is 5. The van der Waals surface area contributed by atoms with Crippen LogP contribution in [0.15, 0.2) is 57.9 Å². The Morgan fingerprint density at radius 2 is 1.92 bits per heavy atom. The molecule has 2 aromatic heterocycles. The number of pyridine rings is 1. The van der Waals surface area contributed by atoms with Gasteiger partial charge in [0.2, 0.25) is 5.78 Å². The van der Waals surface area contributed by atoms with Crippen LogP contribution in [0.5, 0.6) is 0 Å². The smallest absolute Gasteiger partial charge is 0.251 e. The molecule has 3 rings (SSSR count). The highest BCUT2D eigenvalue weighted by molar-refractivity contribution is 9.10. The number of hydrogen-bond acceptors (Lipinski definition) is 4. The van der Waals surface area contributed by atoms with E-state index in [2.05, 4.69) is 26.2 Å². The molecule has 0 saturated carbocycles. The van der Waals surface area contributed by atoms with Gasteiger partial charge in [0, 0.05) is 16.7 Å². The molecule has 3 aromatic rings. The molecule has 7 heteroatoms. The molecular formula is C17H15BrN4O2. The second kappa shape index (κ2) is 6.92. The van der Waals surface area contributed by atoms with Crippen molar-refractivity contribution in [2.75, 3.05) is 0 Å². The number of ketones is 1. The van der Waals surface area contributed by atoms with Gasteiger partial charge in [-0.1, -0.05) is 35.5 Å². The lowest BCUT2D eigenvalue weighted by atomic mass is 10.2. The first kappa shape index (κ1) is 16.3. The van der Waals surface area contributed by atoms with E-state index in [0.29, 0.717) is 12.2 Å². The zero-order valence-electron chi connectivity index (χ0n) is 13.0. The van der Waals surface area contributed by atoms with Crippen LogP contribution in [0.25, 0.3) is 0 Å². The summed E-state index contributed by atoms with van der Waals surface area (Å²) in [6.45, 7) is 2.28. The van der Waals surface area contributed by atoms with Crippen molar-refractivity contribution in [3.63, 3.8) is 0 Å². The maximum Gasteiger partial charge on any atom is 0.251 e. The van der Waals surface area contributed by atoms with Crippen molar-refractivity contribution in [1.82, 2.24) is 19.6 Å². The van der Waals surface area contributed by atoms with E-state index in [1.807, 2.05) is 30.3 Å². The average molecular weight is 387 g/mol. The van der Waals surface area contributed by atoms with Crippen LogP contribution in [0.4, 0.5) is 0 Å². The second-order valence-electron chi connectivity index (χ2n) is 5.40. The largest absolute Gasteiger partial charge is 0.307 e. The lowest BCUT2D eigenvalue weighted by Crippen LogP contribution is -2.23. The van der Waals surface area contributed by atoms with Crippen molar-refractivity contribution in [2.24, 2.45) is 0 Å². The highest BCUT2D eigenvalue weighted by atomic mass is 79.9. The van der Waals surface area contributed by atoms with Crippen LogP contribution in [0.3, 0.4) is 0 Å². The van der Waals surface area contributed by atoms with E-state index in [0.717, 1.165) is 10.0 Å². The Bertz CT molecular complexity index is 931.